The Morgan fingerprint density at radius 2 is 2.21 bits per heavy atom. The smallest absolute Gasteiger partial charge is 0.256 e. The average Bonchev–Trinajstić information content (AvgIpc) is 3.21. The van der Waals surface area contributed by atoms with Gasteiger partial charge in [-0.3, -0.25) is 14.6 Å². The summed E-state index contributed by atoms with van der Waals surface area (Å²) in [5.41, 5.74) is 2.99. The summed E-state index contributed by atoms with van der Waals surface area (Å²) in [4.78, 5) is 31.2. The molecule has 3 rings (SSSR count). The predicted molar refractivity (Wildman–Crippen MR) is 110 cm³/mol. The van der Waals surface area contributed by atoms with E-state index in [1.165, 1.54) is 0 Å². The summed E-state index contributed by atoms with van der Waals surface area (Å²) in [6.07, 6.45) is 10.0. The number of ether oxygens (including phenoxy) is 1. The summed E-state index contributed by atoms with van der Waals surface area (Å²) >= 11 is 0. The molecule has 146 valence electrons. The molecule has 1 atom stereocenters. The lowest BCUT2D eigenvalue weighted by Gasteiger charge is -2.29. The number of fused-ring (bicyclic) bond motifs is 1. The van der Waals surface area contributed by atoms with Crippen molar-refractivity contribution in [3.8, 4) is 5.75 Å². The number of rotatable bonds is 7. The normalized spacial score (nSPS) is 18.2. The monoisotopic (exact) mass is 379 g/mol. The summed E-state index contributed by atoms with van der Waals surface area (Å²) in [5, 5.41) is 2.89. The molecule has 1 unspecified atom stereocenters. The van der Waals surface area contributed by atoms with E-state index in [4.69, 9.17) is 4.74 Å². The largest absolute Gasteiger partial charge is 0.496 e. The Balaban J connectivity index is 2.06. The molecule has 6 heteroatoms. The maximum Gasteiger partial charge on any atom is 0.256 e. The van der Waals surface area contributed by atoms with Gasteiger partial charge in [-0.05, 0) is 43.2 Å². The van der Waals surface area contributed by atoms with Gasteiger partial charge in [0.1, 0.15) is 5.75 Å². The minimum atomic E-state index is -0.549. The van der Waals surface area contributed by atoms with Crippen LogP contribution < -0.4 is 10.1 Å². The molecule has 1 aromatic carbocycles. The van der Waals surface area contributed by atoms with Gasteiger partial charge in [-0.1, -0.05) is 19.1 Å². The lowest BCUT2D eigenvalue weighted by atomic mass is 9.89. The van der Waals surface area contributed by atoms with Gasteiger partial charge in [0, 0.05) is 42.2 Å². The van der Waals surface area contributed by atoms with Crippen LogP contribution in [0.15, 0.2) is 53.2 Å². The number of hydrogen-bond acceptors (Lipinski definition) is 4. The fourth-order valence-corrected chi connectivity index (χ4v) is 3.25. The van der Waals surface area contributed by atoms with E-state index in [0.29, 0.717) is 24.4 Å². The zero-order chi connectivity index (χ0) is 20.1. The standard InChI is InChI=1S/C22H25N3O3/c1-4-6-12-25-14-18(16-9-11-23-20(16)22(25)27)17-13-15(7-8-19(17)28-3)21(26)24-10-5-2/h4,6-9,11,13-14,20H,5,10,12H2,1-3H3,(H,24,26)/b6-4+. The van der Waals surface area contributed by atoms with Crippen LogP contribution in [0.1, 0.15) is 36.2 Å². The number of hydrogen-bond donors (Lipinski definition) is 1. The van der Waals surface area contributed by atoms with Gasteiger partial charge in [-0.15, -0.1) is 0 Å². The molecule has 6 nitrogen and oxygen atoms in total. The van der Waals surface area contributed by atoms with Crippen molar-refractivity contribution in [2.45, 2.75) is 26.3 Å². The first kappa shape index (κ1) is 19.6. The number of amides is 2. The van der Waals surface area contributed by atoms with Crippen molar-refractivity contribution in [2.24, 2.45) is 4.99 Å². The second-order valence-electron chi connectivity index (χ2n) is 6.60. The van der Waals surface area contributed by atoms with E-state index in [1.807, 2.05) is 44.3 Å². The van der Waals surface area contributed by atoms with Crippen LogP contribution in [-0.2, 0) is 4.79 Å². The minimum absolute atomic E-state index is 0.0577. The van der Waals surface area contributed by atoms with Crippen LogP contribution in [-0.4, -0.2) is 49.2 Å². The van der Waals surface area contributed by atoms with Gasteiger partial charge >= 0.3 is 0 Å². The Kier molecular flexibility index (Phi) is 6.09. The molecule has 2 aliphatic rings. The van der Waals surface area contributed by atoms with Crippen LogP contribution >= 0.6 is 0 Å². The van der Waals surface area contributed by atoms with Crippen molar-refractivity contribution in [1.82, 2.24) is 10.2 Å². The Labute approximate surface area is 165 Å². The molecule has 28 heavy (non-hydrogen) atoms. The van der Waals surface area contributed by atoms with Gasteiger partial charge in [0.15, 0.2) is 6.04 Å². The molecule has 0 radical (unpaired) electrons. The number of nitrogens with zero attached hydrogens (tertiary/aromatic N) is 2. The van der Waals surface area contributed by atoms with Crippen LogP contribution in [0.4, 0.5) is 0 Å². The van der Waals surface area contributed by atoms with Gasteiger partial charge in [-0.25, -0.2) is 0 Å². The number of benzene rings is 1. The highest BCUT2D eigenvalue weighted by Crippen LogP contribution is 2.38. The van der Waals surface area contributed by atoms with E-state index in [0.717, 1.165) is 23.1 Å². The van der Waals surface area contributed by atoms with Crippen molar-refractivity contribution in [1.29, 1.82) is 0 Å². The highest BCUT2D eigenvalue weighted by molar-refractivity contribution is 6.05. The maximum absolute atomic E-state index is 12.7. The van der Waals surface area contributed by atoms with E-state index in [2.05, 4.69) is 10.3 Å². The van der Waals surface area contributed by atoms with Crippen molar-refractivity contribution in [3.05, 3.63) is 59.3 Å². The fourth-order valence-electron chi connectivity index (χ4n) is 3.25. The third-order valence-corrected chi connectivity index (χ3v) is 4.72. The molecule has 2 aliphatic heterocycles. The summed E-state index contributed by atoms with van der Waals surface area (Å²) in [7, 11) is 1.60. The van der Waals surface area contributed by atoms with E-state index in [-0.39, 0.29) is 11.8 Å². The molecular weight excluding hydrogens is 354 g/mol. The van der Waals surface area contributed by atoms with Crippen molar-refractivity contribution >= 4 is 23.6 Å². The summed E-state index contributed by atoms with van der Waals surface area (Å²) in [5.74, 6) is 0.458. The van der Waals surface area contributed by atoms with Gasteiger partial charge in [0.2, 0.25) is 0 Å². The number of carbonyl (C=O) groups excluding carboxylic acids is 2. The van der Waals surface area contributed by atoms with E-state index >= 15 is 0 Å². The fraction of sp³-hybridized carbons (Fsp3) is 0.318. The number of methoxy groups -OCH3 is 1. The third kappa shape index (κ3) is 3.76. The lowest BCUT2D eigenvalue weighted by molar-refractivity contribution is -0.128. The molecule has 0 spiro atoms. The Hall–Kier alpha value is -3.15. The second-order valence-corrected chi connectivity index (χ2v) is 6.60. The van der Waals surface area contributed by atoms with E-state index in [9.17, 15) is 9.59 Å². The molecule has 0 aliphatic carbocycles. The van der Waals surface area contributed by atoms with Crippen molar-refractivity contribution in [3.63, 3.8) is 0 Å². The molecule has 0 bridgehead atoms. The number of nitrogens with one attached hydrogen (secondary N) is 1. The van der Waals surface area contributed by atoms with Crippen LogP contribution in [0.5, 0.6) is 5.75 Å². The van der Waals surface area contributed by atoms with Crippen molar-refractivity contribution in [2.75, 3.05) is 20.2 Å². The molecule has 2 heterocycles. The SMILES string of the molecule is C/C=C/CN1C=C(c2cc(C(=O)NCCC)ccc2OC)C2=CC=NC2C1=O. The molecule has 0 fully saturated rings. The molecule has 1 aromatic rings. The first-order chi connectivity index (χ1) is 13.6. The zero-order valence-corrected chi connectivity index (χ0v) is 16.4. The number of carbonyl (C=O) groups is 2. The molecule has 2 amide bonds. The average molecular weight is 379 g/mol. The first-order valence-electron chi connectivity index (χ1n) is 9.44. The van der Waals surface area contributed by atoms with E-state index < -0.39 is 6.04 Å². The molecule has 0 saturated carbocycles. The summed E-state index contributed by atoms with van der Waals surface area (Å²) in [6, 6.07) is 4.80. The van der Waals surface area contributed by atoms with Gasteiger partial charge in [0.05, 0.1) is 7.11 Å². The topological polar surface area (TPSA) is 71.0 Å². The predicted octanol–water partition coefficient (Wildman–Crippen LogP) is 2.97. The molecule has 1 N–H and O–H groups in total. The second kappa shape index (κ2) is 8.69. The lowest BCUT2D eigenvalue weighted by Crippen LogP contribution is -2.39. The number of aliphatic imine (C=N–C) groups is 1. The van der Waals surface area contributed by atoms with E-state index in [1.54, 1.807) is 30.4 Å². The Morgan fingerprint density at radius 3 is 2.93 bits per heavy atom. The van der Waals surface area contributed by atoms with Gasteiger partial charge in [0.25, 0.3) is 11.8 Å². The summed E-state index contributed by atoms with van der Waals surface area (Å²) < 4.78 is 5.55. The highest BCUT2D eigenvalue weighted by Gasteiger charge is 2.35. The Morgan fingerprint density at radius 1 is 1.39 bits per heavy atom. The molecular formula is C22H25N3O3. The maximum atomic E-state index is 12.7. The number of allylic oxidation sites excluding steroid dienone is 2. The van der Waals surface area contributed by atoms with Crippen LogP contribution in [0.2, 0.25) is 0 Å². The Bertz CT molecular complexity index is 896. The third-order valence-electron chi connectivity index (χ3n) is 4.72. The highest BCUT2D eigenvalue weighted by atomic mass is 16.5. The van der Waals surface area contributed by atoms with Crippen LogP contribution in [0.25, 0.3) is 5.57 Å². The molecule has 0 saturated heterocycles. The van der Waals surface area contributed by atoms with Crippen molar-refractivity contribution < 1.29 is 14.3 Å². The quantitative estimate of drug-likeness (QED) is 0.741. The van der Waals surface area contributed by atoms with Crippen LogP contribution in [0.3, 0.4) is 0 Å². The first-order valence-corrected chi connectivity index (χ1v) is 9.44. The minimum Gasteiger partial charge on any atom is -0.496 e. The van der Waals surface area contributed by atoms with Crippen LogP contribution in [0, 0.1) is 0 Å². The summed E-state index contributed by atoms with van der Waals surface area (Å²) in [6.45, 7) is 5.02. The van der Waals surface area contributed by atoms with Gasteiger partial charge < -0.3 is 15.0 Å². The molecule has 0 aromatic heterocycles. The van der Waals surface area contributed by atoms with Gasteiger partial charge in [-0.2, -0.15) is 0 Å². The zero-order valence-electron chi connectivity index (χ0n) is 16.4.